The third-order valence-corrected chi connectivity index (χ3v) is 4.36. The summed E-state index contributed by atoms with van der Waals surface area (Å²) in [5.41, 5.74) is -2.11. The summed E-state index contributed by atoms with van der Waals surface area (Å²) in [6.45, 7) is 1.22. The summed E-state index contributed by atoms with van der Waals surface area (Å²) in [6, 6.07) is 0.0183. The fourth-order valence-electron chi connectivity index (χ4n) is 2.94. The standard InChI is InChI=1S/C15H16ClF7N2.2ClH/c16-10-2-1-9(15(21,22)23)12(13(10)17)11(3-4-14(18,19)20)25-7-5-24-6-8-25;;/h1-2,11,24H,3-8H2;2*1H/t11-;;/m1../s1. The topological polar surface area (TPSA) is 15.3 Å². The van der Waals surface area contributed by atoms with E-state index in [-0.39, 0.29) is 37.9 Å². The van der Waals surface area contributed by atoms with Gasteiger partial charge >= 0.3 is 12.4 Å². The van der Waals surface area contributed by atoms with Crippen LogP contribution in [-0.2, 0) is 6.18 Å². The summed E-state index contributed by atoms with van der Waals surface area (Å²) in [5, 5.41) is 2.41. The molecule has 0 spiro atoms. The van der Waals surface area contributed by atoms with E-state index in [9.17, 15) is 30.7 Å². The molecule has 0 saturated carbocycles. The number of piperazine rings is 1. The quantitative estimate of drug-likeness (QED) is 0.580. The second-order valence-electron chi connectivity index (χ2n) is 5.78. The molecule has 12 heteroatoms. The predicted octanol–water partition coefficient (Wildman–Crippen LogP) is 5.63. The van der Waals surface area contributed by atoms with Gasteiger partial charge in [-0.25, -0.2) is 4.39 Å². The number of hydrogen-bond acceptors (Lipinski definition) is 2. The lowest BCUT2D eigenvalue weighted by molar-refractivity contribution is -0.141. The van der Waals surface area contributed by atoms with Gasteiger partial charge in [-0.3, -0.25) is 4.90 Å². The Morgan fingerprint density at radius 1 is 1.04 bits per heavy atom. The highest BCUT2D eigenvalue weighted by atomic mass is 35.5. The van der Waals surface area contributed by atoms with Gasteiger partial charge < -0.3 is 5.32 Å². The minimum Gasteiger partial charge on any atom is -0.314 e. The molecule has 1 atom stereocenters. The van der Waals surface area contributed by atoms with Crippen LogP contribution in [0.15, 0.2) is 12.1 Å². The van der Waals surface area contributed by atoms with Crippen molar-refractivity contribution in [2.24, 2.45) is 0 Å². The molecule has 1 saturated heterocycles. The zero-order valence-corrected chi connectivity index (χ0v) is 16.2. The number of benzene rings is 1. The second kappa shape index (κ2) is 10.3. The van der Waals surface area contributed by atoms with Crippen molar-refractivity contribution in [1.82, 2.24) is 10.2 Å². The van der Waals surface area contributed by atoms with Crippen LogP contribution in [0.1, 0.15) is 30.0 Å². The molecule has 1 aliphatic heterocycles. The Morgan fingerprint density at radius 3 is 2.07 bits per heavy atom. The lowest BCUT2D eigenvalue weighted by atomic mass is 9.93. The molecule has 0 unspecified atom stereocenters. The van der Waals surface area contributed by atoms with E-state index in [1.807, 2.05) is 0 Å². The first kappa shape index (κ1) is 26.5. The summed E-state index contributed by atoms with van der Waals surface area (Å²) < 4.78 is 92.3. The Hall–Kier alpha value is -0.480. The number of alkyl halides is 6. The first-order valence-electron chi connectivity index (χ1n) is 7.57. The first-order valence-corrected chi connectivity index (χ1v) is 7.95. The molecule has 0 radical (unpaired) electrons. The van der Waals surface area contributed by atoms with Crippen LogP contribution in [0.25, 0.3) is 0 Å². The van der Waals surface area contributed by atoms with Crippen LogP contribution in [0.2, 0.25) is 5.02 Å². The van der Waals surface area contributed by atoms with Gasteiger partial charge in [0.05, 0.1) is 10.6 Å². The van der Waals surface area contributed by atoms with E-state index in [1.54, 1.807) is 0 Å². The average Bonchev–Trinajstić information content (AvgIpc) is 2.50. The molecule has 1 aromatic carbocycles. The molecule has 0 aliphatic carbocycles. The van der Waals surface area contributed by atoms with Crippen molar-refractivity contribution in [2.75, 3.05) is 26.2 Å². The molecule has 1 heterocycles. The lowest BCUT2D eigenvalue weighted by Gasteiger charge is -2.36. The van der Waals surface area contributed by atoms with Crippen molar-refractivity contribution in [3.05, 3.63) is 34.1 Å². The summed E-state index contributed by atoms with van der Waals surface area (Å²) in [4.78, 5) is 1.44. The van der Waals surface area contributed by atoms with Gasteiger partial charge in [0.25, 0.3) is 0 Å². The van der Waals surface area contributed by atoms with Gasteiger partial charge in [-0.15, -0.1) is 24.8 Å². The maximum absolute atomic E-state index is 14.5. The van der Waals surface area contributed by atoms with Crippen molar-refractivity contribution in [1.29, 1.82) is 0 Å². The molecule has 2 rings (SSSR count). The second-order valence-corrected chi connectivity index (χ2v) is 6.18. The van der Waals surface area contributed by atoms with E-state index in [2.05, 4.69) is 5.32 Å². The molecule has 1 aromatic rings. The number of rotatable bonds is 4. The molecular formula is C15H18Cl3F7N2. The van der Waals surface area contributed by atoms with Crippen LogP contribution < -0.4 is 5.32 Å². The van der Waals surface area contributed by atoms with Crippen molar-refractivity contribution in [2.45, 2.75) is 31.2 Å². The first-order chi connectivity index (χ1) is 11.5. The van der Waals surface area contributed by atoms with Crippen LogP contribution >= 0.6 is 36.4 Å². The molecule has 0 bridgehead atoms. The van der Waals surface area contributed by atoms with E-state index in [1.165, 1.54) is 4.90 Å². The lowest BCUT2D eigenvalue weighted by Crippen LogP contribution is -2.46. The molecule has 1 fully saturated rings. The van der Waals surface area contributed by atoms with Crippen LogP contribution in [0.4, 0.5) is 30.7 Å². The minimum atomic E-state index is -4.90. The number of hydrogen-bond donors (Lipinski definition) is 1. The predicted molar refractivity (Wildman–Crippen MR) is 93.4 cm³/mol. The Balaban J connectivity index is 0.00000338. The van der Waals surface area contributed by atoms with Crippen molar-refractivity contribution in [3.63, 3.8) is 0 Å². The fraction of sp³-hybridized carbons (Fsp3) is 0.600. The van der Waals surface area contributed by atoms with E-state index in [4.69, 9.17) is 11.6 Å². The van der Waals surface area contributed by atoms with E-state index in [0.29, 0.717) is 19.2 Å². The molecule has 27 heavy (non-hydrogen) atoms. The normalized spacial score (nSPS) is 17.0. The highest BCUT2D eigenvalue weighted by molar-refractivity contribution is 6.30. The third-order valence-electron chi connectivity index (χ3n) is 4.06. The molecule has 1 aliphatic rings. The molecule has 0 amide bonds. The number of nitrogens with one attached hydrogen (secondary N) is 1. The summed E-state index contributed by atoms with van der Waals surface area (Å²) >= 11 is 5.61. The largest absolute Gasteiger partial charge is 0.416 e. The monoisotopic (exact) mass is 464 g/mol. The Morgan fingerprint density at radius 2 is 1.59 bits per heavy atom. The fourth-order valence-corrected chi connectivity index (χ4v) is 3.11. The van der Waals surface area contributed by atoms with Crippen LogP contribution in [-0.4, -0.2) is 37.3 Å². The van der Waals surface area contributed by atoms with Gasteiger partial charge in [-0.1, -0.05) is 11.6 Å². The van der Waals surface area contributed by atoms with Gasteiger partial charge in [-0.05, 0) is 18.6 Å². The van der Waals surface area contributed by atoms with Gasteiger partial charge in [0.15, 0.2) is 0 Å². The van der Waals surface area contributed by atoms with Crippen LogP contribution in [0.3, 0.4) is 0 Å². The van der Waals surface area contributed by atoms with Gasteiger partial charge in [-0.2, -0.15) is 26.3 Å². The van der Waals surface area contributed by atoms with Gasteiger partial charge in [0.2, 0.25) is 0 Å². The van der Waals surface area contributed by atoms with E-state index in [0.717, 1.165) is 6.07 Å². The Bertz CT molecular complexity index is 602. The maximum atomic E-state index is 14.5. The number of halogens is 10. The van der Waals surface area contributed by atoms with Crippen molar-refractivity contribution >= 4 is 36.4 Å². The van der Waals surface area contributed by atoms with Crippen LogP contribution in [0.5, 0.6) is 0 Å². The van der Waals surface area contributed by atoms with E-state index < -0.39 is 53.2 Å². The zero-order chi connectivity index (χ0) is 18.8. The van der Waals surface area contributed by atoms with Gasteiger partial charge in [0.1, 0.15) is 5.82 Å². The van der Waals surface area contributed by atoms with E-state index >= 15 is 0 Å². The highest BCUT2D eigenvalue weighted by Crippen LogP contribution is 2.42. The molecule has 158 valence electrons. The highest BCUT2D eigenvalue weighted by Gasteiger charge is 2.40. The van der Waals surface area contributed by atoms with Crippen LogP contribution in [0, 0.1) is 5.82 Å². The average molecular weight is 466 g/mol. The Labute approximate surface area is 169 Å². The Kier molecular flexibility index (Phi) is 10.2. The maximum Gasteiger partial charge on any atom is 0.416 e. The molecule has 0 aromatic heterocycles. The third kappa shape index (κ3) is 7.12. The number of nitrogens with zero attached hydrogens (tertiary/aromatic N) is 1. The minimum absolute atomic E-state index is 0. The molecule has 2 nitrogen and oxygen atoms in total. The smallest absolute Gasteiger partial charge is 0.314 e. The van der Waals surface area contributed by atoms with Crippen molar-refractivity contribution < 1.29 is 30.7 Å². The summed E-state index contributed by atoms with van der Waals surface area (Å²) in [7, 11) is 0. The molecule has 1 N–H and O–H groups in total. The zero-order valence-electron chi connectivity index (χ0n) is 13.8. The molecular weight excluding hydrogens is 448 g/mol. The SMILES string of the molecule is Cl.Cl.Fc1c(Cl)ccc(C(F)(F)F)c1[C@@H](CCC(F)(F)F)N1CCNCC1. The summed E-state index contributed by atoms with van der Waals surface area (Å²) in [5.74, 6) is -1.32. The van der Waals surface area contributed by atoms with Crippen molar-refractivity contribution in [3.8, 4) is 0 Å². The van der Waals surface area contributed by atoms with Gasteiger partial charge in [0, 0.05) is 44.2 Å². The summed E-state index contributed by atoms with van der Waals surface area (Å²) in [6.07, 6.45) is -11.4.